The first kappa shape index (κ1) is 13.7. The normalized spacial score (nSPS) is 11.1. The molecule has 0 amide bonds. The molecular formula is C15H18N2OS. The van der Waals surface area contributed by atoms with E-state index < -0.39 is 0 Å². The first-order chi connectivity index (χ1) is 9.33. The molecule has 0 bridgehead atoms. The van der Waals surface area contributed by atoms with E-state index in [9.17, 15) is 0 Å². The summed E-state index contributed by atoms with van der Waals surface area (Å²) in [5.74, 6) is 0.879. The van der Waals surface area contributed by atoms with Gasteiger partial charge >= 0.3 is 0 Å². The van der Waals surface area contributed by atoms with Crippen LogP contribution in [0.3, 0.4) is 0 Å². The van der Waals surface area contributed by atoms with Crippen molar-refractivity contribution in [1.29, 1.82) is 0 Å². The smallest absolute Gasteiger partial charge is 0.147 e. The lowest BCUT2D eigenvalue weighted by Gasteiger charge is -2.03. The third kappa shape index (κ3) is 3.89. The maximum absolute atomic E-state index is 5.61. The Morgan fingerprint density at radius 2 is 1.89 bits per heavy atom. The Balaban J connectivity index is 1.99. The van der Waals surface area contributed by atoms with Gasteiger partial charge in [0.15, 0.2) is 0 Å². The van der Waals surface area contributed by atoms with Crippen LogP contribution in [0.5, 0.6) is 5.75 Å². The van der Waals surface area contributed by atoms with Gasteiger partial charge in [0.1, 0.15) is 22.4 Å². The zero-order valence-corrected chi connectivity index (χ0v) is 12.1. The first-order valence-corrected chi connectivity index (χ1v) is 7.35. The zero-order chi connectivity index (χ0) is 13.5. The second-order valence-electron chi connectivity index (χ2n) is 4.07. The van der Waals surface area contributed by atoms with Gasteiger partial charge in [-0.2, -0.15) is 0 Å². The number of nitrogens with zero attached hydrogens (tertiary/aromatic N) is 2. The molecule has 0 radical (unpaired) electrons. The van der Waals surface area contributed by atoms with Crippen LogP contribution in [-0.2, 0) is 6.42 Å². The number of hydrogen-bond donors (Lipinski definition) is 0. The van der Waals surface area contributed by atoms with Gasteiger partial charge in [0.05, 0.1) is 0 Å². The lowest BCUT2D eigenvalue weighted by molar-refractivity contribution is 0.362. The van der Waals surface area contributed by atoms with Gasteiger partial charge in [-0.15, -0.1) is 10.2 Å². The van der Waals surface area contributed by atoms with Crippen LogP contribution in [0.4, 0.5) is 0 Å². The van der Waals surface area contributed by atoms with E-state index in [-0.39, 0.29) is 0 Å². The van der Waals surface area contributed by atoms with Crippen molar-refractivity contribution < 1.29 is 4.74 Å². The molecule has 1 aromatic carbocycles. The first-order valence-electron chi connectivity index (χ1n) is 6.54. The molecule has 2 rings (SSSR count). The Morgan fingerprint density at radius 3 is 2.53 bits per heavy atom. The van der Waals surface area contributed by atoms with E-state index in [2.05, 4.69) is 30.1 Å². The van der Waals surface area contributed by atoms with Crippen LogP contribution in [0, 0.1) is 0 Å². The van der Waals surface area contributed by atoms with Crippen LogP contribution in [0.1, 0.15) is 25.3 Å². The van der Waals surface area contributed by atoms with E-state index >= 15 is 0 Å². The monoisotopic (exact) mass is 274 g/mol. The Kier molecular flexibility index (Phi) is 5.10. The molecule has 2 aromatic rings. The number of benzene rings is 1. The fraction of sp³-hybridized carbons (Fsp3) is 0.333. The molecule has 1 aromatic heterocycles. The summed E-state index contributed by atoms with van der Waals surface area (Å²) in [5.41, 5.74) is 1.09. The lowest BCUT2D eigenvalue weighted by atomic mass is 10.2. The fourth-order valence-corrected chi connectivity index (χ4v) is 2.37. The van der Waals surface area contributed by atoms with Gasteiger partial charge in [-0.1, -0.05) is 37.3 Å². The standard InChI is InChI=1S/C15H18N2OS/c1-3-5-6-11-18-13-9-7-12(8-10-13)15-17-16-14(4-2)19-15/h5-10H,3-4,11H2,1-2H3/b6-5+. The predicted molar refractivity (Wildman–Crippen MR) is 79.6 cm³/mol. The minimum atomic E-state index is 0.617. The van der Waals surface area contributed by atoms with E-state index in [4.69, 9.17) is 4.74 Å². The largest absolute Gasteiger partial charge is 0.490 e. The van der Waals surface area contributed by atoms with Crippen molar-refractivity contribution in [3.8, 4) is 16.3 Å². The average Bonchev–Trinajstić information content (AvgIpc) is 2.93. The van der Waals surface area contributed by atoms with Crippen molar-refractivity contribution in [3.63, 3.8) is 0 Å². The van der Waals surface area contributed by atoms with Crippen molar-refractivity contribution >= 4 is 11.3 Å². The summed E-state index contributed by atoms with van der Waals surface area (Å²) in [7, 11) is 0. The summed E-state index contributed by atoms with van der Waals surface area (Å²) < 4.78 is 5.61. The number of allylic oxidation sites excluding steroid dienone is 1. The van der Waals surface area contributed by atoms with Crippen LogP contribution < -0.4 is 4.74 Å². The molecule has 19 heavy (non-hydrogen) atoms. The summed E-state index contributed by atoms with van der Waals surface area (Å²) in [6.45, 7) is 4.81. The average molecular weight is 274 g/mol. The molecule has 3 nitrogen and oxygen atoms in total. The lowest BCUT2D eigenvalue weighted by Crippen LogP contribution is -1.92. The summed E-state index contributed by atoms with van der Waals surface area (Å²) in [6, 6.07) is 8.00. The van der Waals surface area contributed by atoms with Crippen LogP contribution in [0.2, 0.25) is 0 Å². The Labute approximate surface area is 118 Å². The van der Waals surface area contributed by atoms with Crippen LogP contribution in [-0.4, -0.2) is 16.8 Å². The van der Waals surface area contributed by atoms with E-state index in [1.165, 1.54) is 0 Å². The molecule has 0 aliphatic heterocycles. The predicted octanol–water partition coefficient (Wildman–Crippen LogP) is 4.11. The highest BCUT2D eigenvalue weighted by atomic mass is 32.1. The molecule has 100 valence electrons. The Bertz CT molecular complexity index is 531. The van der Waals surface area contributed by atoms with Crippen molar-refractivity contribution in [1.82, 2.24) is 10.2 Å². The number of rotatable bonds is 6. The molecule has 0 fully saturated rings. The Hall–Kier alpha value is -1.68. The zero-order valence-electron chi connectivity index (χ0n) is 11.3. The molecule has 0 aliphatic carbocycles. The van der Waals surface area contributed by atoms with Gasteiger partial charge in [-0.3, -0.25) is 0 Å². The van der Waals surface area contributed by atoms with Crippen LogP contribution >= 0.6 is 11.3 Å². The van der Waals surface area contributed by atoms with E-state index in [0.29, 0.717) is 6.61 Å². The van der Waals surface area contributed by atoms with Crippen molar-refractivity contribution in [2.75, 3.05) is 6.61 Å². The third-order valence-electron chi connectivity index (χ3n) is 2.62. The molecule has 0 atom stereocenters. The SMILES string of the molecule is CC/C=C/COc1ccc(-c2nnc(CC)s2)cc1. The second-order valence-corrected chi connectivity index (χ2v) is 5.13. The minimum absolute atomic E-state index is 0.617. The molecule has 0 saturated carbocycles. The summed E-state index contributed by atoms with van der Waals surface area (Å²) >= 11 is 1.64. The van der Waals surface area contributed by atoms with Crippen molar-refractivity contribution in [2.45, 2.75) is 26.7 Å². The molecule has 0 aliphatic rings. The molecule has 4 heteroatoms. The van der Waals surface area contributed by atoms with Crippen LogP contribution in [0.15, 0.2) is 36.4 Å². The quantitative estimate of drug-likeness (QED) is 0.743. The topological polar surface area (TPSA) is 35.0 Å². The number of aryl methyl sites for hydroxylation is 1. The van der Waals surface area contributed by atoms with Crippen molar-refractivity contribution in [3.05, 3.63) is 41.4 Å². The maximum Gasteiger partial charge on any atom is 0.147 e. The van der Waals surface area contributed by atoms with Crippen LogP contribution in [0.25, 0.3) is 10.6 Å². The van der Waals surface area contributed by atoms with E-state index in [0.717, 1.165) is 34.2 Å². The molecule has 0 spiro atoms. The summed E-state index contributed by atoms with van der Waals surface area (Å²) in [5, 5.41) is 10.4. The van der Waals surface area contributed by atoms with Gasteiger partial charge in [-0.05, 0) is 37.1 Å². The molecule has 0 saturated heterocycles. The highest BCUT2D eigenvalue weighted by Crippen LogP contribution is 2.25. The minimum Gasteiger partial charge on any atom is -0.490 e. The number of ether oxygens (including phenoxy) is 1. The second kappa shape index (κ2) is 7.04. The Morgan fingerprint density at radius 1 is 1.11 bits per heavy atom. The van der Waals surface area contributed by atoms with Gasteiger partial charge in [0, 0.05) is 5.56 Å². The number of aromatic nitrogens is 2. The van der Waals surface area contributed by atoms with E-state index in [1.807, 2.05) is 30.3 Å². The summed E-state index contributed by atoms with van der Waals surface area (Å²) in [6.07, 6.45) is 6.11. The maximum atomic E-state index is 5.61. The fourth-order valence-electron chi connectivity index (χ4n) is 1.59. The van der Waals surface area contributed by atoms with Gasteiger partial charge < -0.3 is 4.74 Å². The molecule has 1 heterocycles. The van der Waals surface area contributed by atoms with E-state index in [1.54, 1.807) is 11.3 Å². The summed E-state index contributed by atoms with van der Waals surface area (Å²) in [4.78, 5) is 0. The highest BCUT2D eigenvalue weighted by Gasteiger charge is 2.05. The molecular weight excluding hydrogens is 256 g/mol. The molecule has 0 unspecified atom stereocenters. The van der Waals surface area contributed by atoms with Gasteiger partial charge in [-0.25, -0.2) is 0 Å². The molecule has 0 N–H and O–H groups in total. The number of hydrogen-bond acceptors (Lipinski definition) is 4. The third-order valence-corrected chi connectivity index (χ3v) is 3.74. The highest BCUT2D eigenvalue weighted by molar-refractivity contribution is 7.14. The van der Waals surface area contributed by atoms with Crippen molar-refractivity contribution in [2.24, 2.45) is 0 Å². The van der Waals surface area contributed by atoms with Gasteiger partial charge in [0.2, 0.25) is 0 Å². The van der Waals surface area contributed by atoms with Gasteiger partial charge in [0.25, 0.3) is 0 Å².